The van der Waals surface area contributed by atoms with Crippen LogP contribution in [0.1, 0.15) is 50.6 Å². The van der Waals surface area contributed by atoms with E-state index in [4.69, 9.17) is 0 Å². The molecule has 0 radical (unpaired) electrons. The maximum Gasteiger partial charge on any atom is 0.274 e. The van der Waals surface area contributed by atoms with Gasteiger partial charge in [-0.25, -0.2) is 4.68 Å². The number of rotatable bonds is 6. The zero-order chi connectivity index (χ0) is 17.9. The van der Waals surface area contributed by atoms with Crippen molar-refractivity contribution in [1.82, 2.24) is 15.1 Å². The molecule has 2 N–H and O–H groups in total. The molecule has 24 heavy (non-hydrogen) atoms. The minimum absolute atomic E-state index is 0.00277. The maximum atomic E-state index is 12.8. The summed E-state index contributed by atoms with van der Waals surface area (Å²) in [6.07, 6.45) is 0.477. The Hall–Kier alpha value is -2.21. The molecule has 0 aliphatic heterocycles. The van der Waals surface area contributed by atoms with E-state index in [0.29, 0.717) is 17.2 Å². The number of aliphatic hydroxyl groups excluding tert-OH is 1. The second-order valence-electron chi connectivity index (χ2n) is 6.57. The molecule has 0 aliphatic carbocycles. The van der Waals surface area contributed by atoms with Crippen LogP contribution >= 0.6 is 0 Å². The van der Waals surface area contributed by atoms with Crippen molar-refractivity contribution in [2.24, 2.45) is 5.92 Å². The number of benzene rings is 1. The van der Waals surface area contributed by atoms with Crippen molar-refractivity contribution in [2.45, 2.75) is 46.2 Å². The Morgan fingerprint density at radius 1 is 1.21 bits per heavy atom. The van der Waals surface area contributed by atoms with Crippen LogP contribution in [0.15, 0.2) is 29.1 Å². The van der Waals surface area contributed by atoms with E-state index in [9.17, 15) is 14.7 Å². The Labute approximate surface area is 141 Å². The first-order valence-electron chi connectivity index (χ1n) is 8.30. The van der Waals surface area contributed by atoms with E-state index in [1.54, 1.807) is 24.3 Å². The number of nitrogens with zero attached hydrogens (tertiary/aromatic N) is 2. The molecule has 6 nitrogen and oxygen atoms in total. The lowest BCUT2D eigenvalue weighted by Crippen LogP contribution is -2.40. The first kappa shape index (κ1) is 18.1. The van der Waals surface area contributed by atoms with Crippen molar-refractivity contribution in [3.8, 4) is 0 Å². The van der Waals surface area contributed by atoms with Crippen LogP contribution in [0.25, 0.3) is 10.8 Å². The van der Waals surface area contributed by atoms with E-state index in [-0.39, 0.29) is 41.8 Å². The lowest BCUT2D eigenvalue weighted by molar-refractivity contribution is 0.0910. The Morgan fingerprint density at radius 3 is 2.38 bits per heavy atom. The summed E-state index contributed by atoms with van der Waals surface area (Å²) in [4.78, 5) is 25.3. The van der Waals surface area contributed by atoms with Gasteiger partial charge in [-0.3, -0.25) is 9.59 Å². The normalized spacial score (nSPS) is 12.8. The van der Waals surface area contributed by atoms with E-state index in [1.807, 2.05) is 27.7 Å². The molecular weight excluding hydrogens is 306 g/mol. The minimum atomic E-state index is -0.326. The first-order valence-corrected chi connectivity index (χ1v) is 8.30. The third-order valence-corrected chi connectivity index (χ3v) is 4.09. The number of aliphatic hydroxyl groups is 1. The van der Waals surface area contributed by atoms with E-state index in [2.05, 4.69) is 10.4 Å². The summed E-state index contributed by atoms with van der Waals surface area (Å²) in [5.41, 5.74) is 0.0374. The van der Waals surface area contributed by atoms with Gasteiger partial charge in [0.05, 0.1) is 11.4 Å². The molecule has 1 unspecified atom stereocenters. The van der Waals surface area contributed by atoms with Gasteiger partial charge in [0.1, 0.15) is 0 Å². The molecule has 1 amide bonds. The number of nitrogens with one attached hydrogen (secondary N) is 1. The number of hydrogen-bond donors (Lipinski definition) is 2. The van der Waals surface area contributed by atoms with Gasteiger partial charge >= 0.3 is 0 Å². The van der Waals surface area contributed by atoms with Gasteiger partial charge in [-0.05, 0) is 32.3 Å². The second kappa shape index (κ2) is 7.57. The molecule has 1 heterocycles. The van der Waals surface area contributed by atoms with Gasteiger partial charge in [-0.15, -0.1) is 0 Å². The molecule has 0 fully saturated rings. The molecule has 0 aliphatic rings. The fourth-order valence-corrected chi connectivity index (χ4v) is 2.67. The lowest BCUT2D eigenvalue weighted by Gasteiger charge is -2.22. The van der Waals surface area contributed by atoms with Crippen LogP contribution in [0, 0.1) is 5.92 Å². The molecule has 2 aromatic rings. The molecule has 1 atom stereocenters. The highest BCUT2D eigenvalue weighted by molar-refractivity contribution is 6.04. The Balaban J connectivity index is 2.53. The van der Waals surface area contributed by atoms with Crippen LogP contribution in [0.2, 0.25) is 0 Å². The molecule has 130 valence electrons. The molecule has 6 heteroatoms. The quantitative estimate of drug-likeness (QED) is 0.849. The standard InChI is InChI=1S/C18H25N3O3/c1-11(2)15(9-10-22)19-17(23)16-13-7-5-6-8-14(13)18(24)21(20-16)12(3)4/h5-8,11-12,15,22H,9-10H2,1-4H3,(H,19,23). The summed E-state index contributed by atoms with van der Waals surface area (Å²) < 4.78 is 1.34. The zero-order valence-electron chi connectivity index (χ0n) is 14.6. The fourth-order valence-electron chi connectivity index (χ4n) is 2.67. The zero-order valence-corrected chi connectivity index (χ0v) is 14.6. The summed E-state index contributed by atoms with van der Waals surface area (Å²) in [5.74, 6) is -0.142. The average Bonchev–Trinajstić information content (AvgIpc) is 2.54. The van der Waals surface area contributed by atoms with Gasteiger partial charge in [-0.1, -0.05) is 32.0 Å². The molecule has 0 bridgehead atoms. The van der Waals surface area contributed by atoms with Gasteiger partial charge in [-0.2, -0.15) is 5.10 Å². The minimum Gasteiger partial charge on any atom is -0.396 e. The van der Waals surface area contributed by atoms with Crippen molar-refractivity contribution >= 4 is 16.7 Å². The van der Waals surface area contributed by atoms with E-state index >= 15 is 0 Å². The van der Waals surface area contributed by atoms with Crippen molar-refractivity contribution in [3.63, 3.8) is 0 Å². The van der Waals surface area contributed by atoms with E-state index in [0.717, 1.165) is 0 Å². The van der Waals surface area contributed by atoms with Crippen LogP contribution in [0.4, 0.5) is 0 Å². The summed E-state index contributed by atoms with van der Waals surface area (Å²) in [5, 5.41) is 17.4. The number of hydrogen-bond acceptors (Lipinski definition) is 4. The SMILES string of the molecule is CC(C)C(CCO)NC(=O)c1nn(C(C)C)c(=O)c2ccccc12. The van der Waals surface area contributed by atoms with Crippen molar-refractivity contribution in [2.75, 3.05) is 6.61 Å². The Bertz CT molecular complexity index is 781. The molecule has 0 spiro atoms. The fraction of sp³-hybridized carbons (Fsp3) is 0.500. The molecule has 0 saturated carbocycles. The molecule has 2 rings (SSSR count). The van der Waals surface area contributed by atoms with E-state index < -0.39 is 0 Å². The third kappa shape index (κ3) is 3.64. The Kier molecular flexibility index (Phi) is 5.72. The van der Waals surface area contributed by atoms with Crippen LogP contribution in [-0.4, -0.2) is 33.4 Å². The van der Waals surface area contributed by atoms with Crippen LogP contribution in [0.3, 0.4) is 0 Å². The third-order valence-electron chi connectivity index (χ3n) is 4.09. The smallest absolute Gasteiger partial charge is 0.274 e. The summed E-state index contributed by atoms with van der Waals surface area (Å²) >= 11 is 0. The number of aromatic nitrogens is 2. The first-order chi connectivity index (χ1) is 11.4. The van der Waals surface area contributed by atoms with Crippen LogP contribution < -0.4 is 10.9 Å². The molecular formula is C18H25N3O3. The predicted molar refractivity (Wildman–Crippen MR) is 94.2 cm³/mol. The van der Waals surface area contributed by atoms with Crippen LogP contribution in [0.5, 0.6) is 0 Å². The number of fused-ring (bicyclic) bond motifs is 1. The van der Waals surface area contributed by atoms with Gasteiger partial charge in [0.15, 0.2) is 5.69 Å². The van der Waals surface area contributed by atoms with Gasteiger partial charge < -0.3 is 10.4 Å². The van der Waals surface area contributed by atoms with Crippen molar-refractivity contribution in [3.05, 3.63) is 40.3 Å². The highest BCUT2D eigenvalue weighted by Crippen LogP contribution is 2.16. The lowest BCUT2D eigenvalue weighted by atomic mass is 10.0. The number of carbonyl (C=O) groups is 1. The van der Waals surface area contributed by atoms with Crippen LogP contribution in [-0.2, 0) is 0 Å². The highest BCUT2D eigenvalue weighted by Gasteiger charge is 2.21. The van der Waals surface area contributed by atoms with E-state index in [1.165, 1.54) is 4.68 Å². The van der Waals surface area contributed by atoms with Gasteiger partial charge in [0.25, 0.3) is 11.5 Å². The molecule has 1 aromatic carbocycles. The second-order valence-corrected chi connectivity index (χ2v) is 6.57. The van der Waals surface area contributed by atoms with Crippen molar-refractivity contribution in [1.29, 1.82) is 0 Å². The number of carbonyl (C=O) groups excluding carboxylic acids is 1. The Morgan fingerprint density at radius 2 is 1.83 bits per heavy atom. The van der Waals surface area contributed by atoms with Gasteiger partial charge in [0.2, 0.25) is 0 Å². The topological polar surface area (TPSA) is 84.2 Å². The van der Waals surface area contributed by atoms with Crippen molar-refractivity contribution < 1.29 is 9.90 Å². The average molecular weight is 331 g/mol. The highest BCUT2D eigenvalue weighted by atomic mass is 16.3. The molecule has 1 aromatic heterocycles. The summed E-state index contributed by atoms with van der Waals surface area (Å²) in [7, 11) is 0. The maximum absolute atomic E-state index is 12.8. The largest absolute Gasteiger partial charge is 0.396 e. The number of amides is 1. The monoisotopic (exact) mass is 331 g/mol. The predicted octanol–water partition coefficient (Wildman–Crippen LogP) is 2.11. The van der Waals surface area contributed by atoms with Gasteiger partial charge in [0, 0.05) is 18.0 Å². The summed E-state index contributed by atoms with van der Waals surface area (Å²) in [6, 6.07) is 6.71. The summed E-state index contributed by atoms with van der Waals surface area (Å²) in [6.45, 7) is 7.69. The molecule has 0 saturated heterocycles.